The molecule has 0 aliphatic rings. The summed E-state index contributed by atoms with van der Waals surface area (Å²) in [6.07, 6.45) is 1.55. The minimum Gasteiger partial charge on any atom is -0.379 e. The van der Waals surface area contributed by atoms with Gasteiger partial charge in [-0.25, -0.2) is 4.98 Å². The summed E-state index contributed by atoms with van der Waals surface area (Å²) in [5, 5.41) is 5.32. The minimum absolute atomic E-state index is 0.174. The lowest BCUT2D eigenvalue weighted by atomic mass is 10.1. The fourth-order valence-corrected chi connectivity index (χ4v) is 1.27. The van der Waals surface area contributed by atoms with E-state index >= 15 is 0 Å². The fourth-order valence-electron chi connectivity index (χ4n) is 0.719. The van der Waals surface area contributed by atoms with Crippen LogP contribution in [0.3, 0.4) is 0 Å². The minimum atomic E-state index is -1.32. The highest BCUT2D eigenvalue weighted by molar-refractivity contribution is 7.13. The number of rotatable bonds is 5. The molecule has 0 spiro atoms. The molecule has 17 heavy (non-hydrogen) atoms. The van der Waals surface area contributed by atoms with Crippen LogP contribution in [0, 0.1) is 0 Å². The molecule has 91 valence electrons. The van der Waals surface area contributed by atoms with Crippen molar-refractivity contribution in [3.05, 3.63) is 11.1 Å². The molecule has 7 nitrogen and oxygen atoms in total. The zero-order valence-electron chi connectivity index (χ0n) is 9.26. The second-order valence-corrected chi connectivity index (χ2v) is 4.47. The van der Waals surface area contributed by atoms with E-state index in [1.807, 2.05) is 0 Å². The molecule has 0 aromatic carbocycles. The van der Waals surface area contributed by atoms with Crippen molar-refractivity contribution in [3.8, 4) is 0 Å². The third-order valence-electron chi connectivity index (χ3n) is 1.82. The number of hydrogen-bond acceptors (Lipinski definition) is 7. The highest BCUT2D eigenvalue weighted by Crippen LogP contribution is 2.13. The Morgan fingerprint density at radius 2 is 2.29 bits per heavy atom. The van der Waals surface area contributed by atoms with E-state index in [-0.39, 0.29) is 16.5 Å². The summed E-state index contributed by atoms with van der Waals surface area (Å²) < 4.78 is 0. The van der Waals surface area contributed by atoms with Crippen molar-refractivity contribution in [1.29, 1.82) is 0 Å². The van der Waals surface area contributed by atoms with Gasteiger partial charge in [-0.2, -0.15) is 0 Å². The number of carbonyl (C=O) groups excluding carboxylic acids is 2. The monoisotopic (exact) mass is 255 g/mol. The van der Waals surface area contributed by atoms with Gasteiger partial charge < -0.3 is 16.3 Å². The second-order valence-electron chi connectivity index (χ2n) is 3.58. The van der Waals surface area contributed by atoms with Gasteiger partial charge in [-0.3, -0.25) is 9.59 Å². The van der Waals surface area contributed by atoms with Gasteiger partial charge in [0.15, 0.2) is 10.8 Å². The number of thiazole rings is 1. The number of oxime groups is 1. The third-order valence-corrected chi connectivity index (χ3v) is 2.49. The Bertz CT molecular complexity index is 467. The van der Waals surface area contributed by atoms with E-state index in [1.165, 1.54) is 19.2 Å². The van der Waals surface area contributed by atoms with Crippen molar-refractivity contribution in [2.24, 2.45) is 10.9 Å². The van der Waals surface area contributed by atoms with E-state index in [9.17, 15) is 9.59 Å². The molecule has 1 rings (SSSR count). The van der Waals surface area contributed by atoms with Crippen LogP contribution in [0.4, 0.5) is 5.13 Å². The summed E-state index contributed by atoms with van der Waals surface area (Å²) in [6.45, 7) is 2.85. The van der Waals surface area contributed by atoms with E-state index in [4.69, 9.17) is 16.3 Å². The van der Waals surface area contributed by atoms with Crippen LogP contribution in [0.15, 0.2) is 10.5 Å². The van der Waals surface area contributed by atoms with Crippen molar-refractivity contribution in [3.63, 3.8) is 0 Å². The quantitative estimate of drug-likeness (QED) is 0.558. The van der Waals surface area contributed by atoms with Gasteiger partial charge >= 0.3 is 0 Å². The first-order valence-electron chi connectivity index (χ1n) is 4.52. The normalized spacial score (nSPS) is 12.2. The van der Waals surface area contributed by atoms with Gasteiger partial charge in [-0.15, -0.1) is 11.3 Å². The Morgan fingerprint density at radius 3 is 2.71 bits per heavy atom. The SMILES string of the molecule is CC(C)(O/N=C(\[C]=O)c1csc(N)n1)C(N)=O. The maximum absolute atomic E-state index is 11.0. The predicted molar refractivity (Wildman–Crippen MR) is 63.1 cm³/mol. The highest BCUT2D eigenvalue weighted by atomic mass is 32.1. The van der Waals surface area contributed by atoms with Gasteiger partial charge in [0.05, 0.1) is 0 Å². The lowest BCUT2D eigenvalue weighted by molar-refractivity contribution is -0.139. The molecule has 1 radical (unpaired) electrons. The Kier molecular flexibility index (Phi) is 3.79. The van der Waals surface area contributed by atoms with E-state index < -0.39 is 11.5 Å². The molecule has 4 N–H and O–H groups in total. The van der Waals surface area contributed by atoms with Crippen molar-refractivity contribution < 1.29 is 14.4 Å². The Morgan fingerprint density at radius 1 is 1.65 bits per heavy atom. The maximum atomic E-state index is 11.0. The molecule has 0 bridgehead atoms. The first-order chi connectivity index (χ1) is 7.86. The molecule has 0 saturated heterocycles. The van der Waals surface area contributed by atoms with Crippen LogP contribution in [0.5, 0.6) is 0 Å². The largest absolute Gasteiger partial charge is 0.379 e. The van der Waals surface area contributed by atoms with Gasteiger partial charge in [0, 0.05) is 5.38 Å². The zero-order chi connectivity index (χ0) is 13.1. The number of primary amides is 1. The average molecular weight is 255 g/mol. The highest BCUT2D eigenvalue weighted by Gasteiger charge is 2.27. The van der Waals surface area contributed by atoms with Crippen molar-refractivity contribution in [1.82, 2.24) is 4.98 Å². The molecule has 8 heteroatoms. The van der Waals surface area contributed by atoms with E-state index in [0.29, 0.717) is 0 Å². The fraction of sp³-hybridized carbons (Fsp3) is 0.333. The molecular weight excluding hydrogens is 244 g/mol. The molecule has 0 atom stereocenters. The smallest absolute Gasteiger partial charge is 0.263 e. The third kappa shape index (κ3) is 3.25. The molecule has 0 unspecified atom stereocenters. The lowest BCUT2D eigenvalue weighted by Gasteiger charge is -2.17. The summed E-state index contributed by atoms with van der Waals surface area (Å²) >= 11 is 1.15. The lowest BCUT2D eigenvalue weighted by Crippen LogP contribution is -2.39. The standard InChI is InChI=1S/C9H11N4O3S/c1-9(2,7(10)15)16-13-5(3-14)6-4-17-8(11)12-6/h4H,1-2H3,(H2,10,15)(H2,11,12)/b13-5+. The summed E-state index contributed by atoms with van der Waals surface area (Å²) in [5.74, 6) is -0.704. The Balaban J connectivity index is 2.89. The molecule has 0 saturated carbocycles. The zero-order valence-corrected chi connectivity index (χ0v) is 10.1. The van der Waals surface area contributed by atoms with Crippen molar-refractivity contribution >= 4 is 34.4 Å². The summed E-state index contributed by atoms with van der Waals surface area (Å²) in [4.78, 5) is 30.3. The molecule has 1 aromatic heterocycles. The summed E-state index contributed by atoms with van der Waals surface area (Å²) in [6, 6.07) is 0. The van der Waals surface area contributed by atoms with Crippen molar-refractivity contribution in [2.75, 3.05) is 5.73 Å². The van der Waals surface area contributed by atoms with Crippen LogP contribution in [0.1, 0.15) is 19.5 Å². The van der Waals surface area contributed by atoms with Gasteiger partial charge in [0.1, 0.15) is 5.69 Å². The van der Waals surface area contributed by atoms with Crippen molar-refractivity contribution in [2.45, 2.75) is 19.4 Å². The number of hydrogen-bond donors (Lipinski definition) is 2. The number of nitrogen functional groups attached to an aromatic ring is 1. The summed E-state index contributed by atoms with van der Waals surface area (Å²) in [7, 11) is 0. The molecule has 1 heterocycles. The molecule has 0 aliphatic carbocycles. The van der Waals surface area contributed by atoms with E-state index in [0.717, 1.165) is 11.3 Å². The average Bonchev–Trinajstić information content (AvgIpc) is 2.65. The Hall–Kier alpha value is -1.96. The first kappa shape index (κ1) is 13.1. The number of nitrogens with zero attached hydrogens (tertiary/aromatic N) is 2. The van der Waals surface area contributed by atoms with Gasteiger partial charge in [-0.1, -0.05) is 5.16 Å². The maximum Gasteiger partial charge on any atom is 0.263 e. The van der Waals surface area contributed by atoms with E-state index in [1.54, 1.807) is 6.29 Å². The number of aromatic nitrogens is 1. The van der Waals surface area contributed by atoms with Gasteiger partial charge in [0.2, 0.25) is 5.60 Å². The van der Waals surface area contributed by atoms with Crippen LogP contribution in [0.25, 0.3) is 0 Å². The number of carbonyl (C=O) groups is 1. The topological polar surface area (TPSA) is 121 Å². The number of anilines is 1. The first-order valence-corrected chi connectivity index (χ1v) is 5.40. The van der Waals surface area contributed by atoms with Crippen LogP contribution in [-0.4, -0.2) is 28.5 Å². The summed E-state index contributed by atoms with van der Waals surface area (Å²) in [5.41, 5.74) is 9.23. The number of amides is 1. The van der Waals surface area contributed by atoms with Gasteiger partial charge in [-0.05, 0) is 13.8 Å². The second kappa shape index (κ2) is 4.91. The molecule has 0 aliphatic heterocycles. The molecule has 1 aromatic rings. The van der Waals surface area contributed by atoms with Gasteiger partial charge in [0.25, 0.3) is 12.2 Å². The predicted octanol–water partition coefficient (Wildman–Crippen LogP) is -0.180. The molecule has 1 amide bonds. The van der Waals surface area contributed by atoms with Crippen LogP contribution >= 0.6 is 11.3 Å². The van der Waals surface area contributed by atoms with Crippen LogP contribution in [0.2, 0.25) is 0 Å². The molecule has 0 fully saturated rings. The van der Waals surface area contributed by atoms with Crippen LogP contribution in [-0.2, 0) is 14.4 Å². The molecular formula is C9H11N4O3S. The Labute approximate surface area is 101 Å². The van der Waals surface area contributed by atoms with E-state index in [2.05, 4.69) is 10.1 Å². The number of nitrogens with two attached hydrogens (primary N) is 2. The van der Waals surface area contributed by atoms with Crippen LogP contribution < -0.4 is 11.5 Å².